The van der Waals surface area contributed by atoms with Gasteiger partial charge in [-0.15, -0.1) is 10.2 Å². The molecule has 2 N–H and O–H groups in total. The zero-order valence-corrected chi connectivity index (χ0v) is 11.2. The number of hydrogen-bond donors (Lipinski definition) is 1. The van der Waals surface area contributed by atoms with Crippen molar-refractivity contribution >= 4 is 15.7 Å². The fourth-order valence-corrected chi connectivity index (χ4v) is 3.55. The van der Waals surface area contributed by atoms with Gasteiger partial charge < -0.3 is 10.3 Å². The Morgan fingerprint density at radius 3 is 2.85 bits per heavy atom. The van der Waals surface area contributed by atoms with Crippen molar-refractivity contribution in [2.24, 2.45) is 0 Å². The summed E-state index contributed by atoms with van der Waals surface area (Å²) in [6.07, 6.45) is 1.54. The van der Waals surface area contributed by atoms with Gasteiger partial charge in [0.1, 0.15) is 22.9 Å². The molecule has 9 heteroatoms. The van der Waals surface area contributed by atoms with E-state index in [4.69, 9.17) is 5.73 Å². The Labute approximate surface area is 114 Å². The maximum absolute atomic E-state index is 13.8. The lowest BCUT2D eigenvalue weighted by molar-refractivity contribution is 0.334. The van der Waals surface area contributed by atoms with Crippen molar-refractivity contribution in [3.63, 3.8) is 0 Å². The maximum Gasteiger partial charge on any atom is 0.246 e. The van der Waals surface area contributed by atoms with Crippen LogP contribution in [0.15, 0.2) is 29.4 Å². The van der Waals surface area contributed by atoms with Crippen LogP contribution in [0.2, 0.25) is 0 Å². The van der Waals surface area contributed by atoms with Crippen molar-refractivity contribution in [2.75, 3.05) is 12.3 Å². The molecule has 0 amide bonds. The van der Waals surface area contributed by atoms with Gasteiger partial charge in [-0.25, -0.2) is 12.8 Å². The molecule has 20 heavy (non-hydrogen) atoms. The van der Waals surface area contributed by atoms with E-state index in [-0.39, 0.29) is 23.7 Å². The molecule has 1 aromatic heterocycles. The third-order valence-corrected chi connectivity index (χ3v) is 5.06. The van der Waals surface area contributed by atoms with Crippen LogP contribution in [0.5, 0.6) is 0 Å². The van der Waals surface area contributed by atoms with Crippen molar-refractivity contribution < 1.29 is 12.8 Å². The molecule has 0 unspecified atom stereocenters. The maximum atomic E-state index is 13.8. The van der Waals surface area contributed by atoms with Crippen molar-refractivity contribution in [3.05, 3.63) is 36.2 Å². The van der Waals surface area contributed by atoms with Gasteiger partial charge in [-0.2, -0.15) is 4.31 Å². The zero-order valence-electron chi connectivity index (χ0n) is 10.4. The van der Waals surface area contributed by atoms with Gasteiger partial charge in [-0.3, -0.25) is 0 Å². The number of halogens is 1. The minimum Gasteiger partial charge on any atom is -0.399 e. The van der Waals surface area contributed by atoms with Crippen LogP contribution < -0.4 is 5.73 Å². The normalized spacial score (nSPS) is 16.1. The van der Waals surface area contributed by atoms with Gasteiger partial charge in [0.15, 0.2) is 0 Å². The highest BCUT2D eigenvalue weighted by molar-refractivity contribution is 7.89. The van der Waals surface area contributed by atoms with Crippen molar-refractivity contribution in [1.82, 2.24) is 19.1 Å². The predicted molar refractivity (Wildman–Crippen MR) is 68.4 cm³/mol. The number of rotatable bonds is 2. The molecule has 0 atom stereocenters. The molecule has 2 heterocycles. The molecule has 0 fully saturated rings. The largest absolute Gasteiger partial charge is 0.399 e. The second kappa shape index (κ2) is 4.53. The summed E-state index contributed by atoms with van der Waals surface area (Å²) in [5, 5.41) is 7.57. The molecule has 0 saturated carbocycles. The topological polar surface area (TPSA) is 94.1 Å². The number of nitrogens with zero attached hydrogens (tertiary/aromatic N) is 4. The monoisotopic (exact) mass is 297 g/mol. The zero-order chi connectivity index (χ0) is 14.3. The van der Waals surface area contributed by atoms with Crippen LogP contribution in [0.4, 0.5) is 10.1 Å². The number of sulfonamides is 1. The predicted octanol–water partition coefficient (Wildman–Crippen LogP) is 0.204. The SMILES string of the molecule is Nc1ccc(S(=O)(=O)N2CCn3cnnc3C2)c(F)c1. The summed E-state index contributed by atoms with van der Waals surface area (Å²) in [4.78, 5) is -0.375. The van der Waals surface area contributed by atoms with Crippen LogP contribution in [0.1, 0.15) is 5.82 Å². The van der Waals surface area contributed by atoms with E-state index >= 15 is 0 Å². The Kier molecular flexibility index (Phi) is 2.94. The molecule has 0 saturated heterocycles. The number of fused-ring (bicyclic) bond motifs is 1. The molecule has 0 aliphatic carbocycles. The van der Waals surface area contributed by atoms with Crippen LogP contribution in [-0.4, -0.2) is 34.0 Å². The van der Waals surface area contributed by atoms with E-state index in [1.165, 1.54) is 16.4 Å². The minimum absolute atomic E-state index is 0.0755. The van der Waals surface area contributed by atoms with Crippen molar-refractivity contribution in [1.29, 1.82) is 0 Å². The summed E-state index contributed by atoms with van der Waals surface area (Å²) in [6, 6.07) is 3.54. The number of benzene rings is 1. The van der Waals surface area contributed by atoms with E-state index in [0.717, 1.165) is 6.07 Å². The third kappa shape index (κ3) is 2.04. The molecule has 106 valence electrons. The summed E-state index contributed by atoms with van der Waals surface area (Å²) in [5.41, 5.74) is 5.61. The Bertz CT molecular complexity index is 758. The van der Waals surface area contributed by atoms with Crippen molar-refractivity contribution in [2.45, 2.75) is 18.0 Å². The first-order valence-corrected chi connectivity index (χ1v) is 7.34. The first kappa shape index (κ1) is 13.0. The number of hydrogen-bond acceptors (Lipinski definition) is 5. The molecule has 1 aliphatic heterocycles. The third-order valence-electron chi connectivity index (χ3n) is 3.18. The quantitative estimate of drug-likeness (QED) is 0.799. The molecule has 2 aromatic rings. The van der Waals surface area contributed by atoms with Crippen molar-refractivity contribution in [3.8, 4) is 0 Å². The van der Waals surface area contributed by atoms with E-state index in [1.54, 1.807) is 10.9 Å². The first-order valence-electron chi connectivity index (χ1n) is 5.90. The Hall–Kier alpha value is -2.00. The van der Waals surface area contributed by atoms with Gasteiger partial charge in [-0.1, -0.05) is 0 Å². The molecular formula is C11H12FN5O2S. The van der Waals surface area contributed by atoms with E-state index < -0.39 is 15.8 Å². The Balaban J connectivity index is 1.97. The standard InChI is InChI=1S/C11H12FN5O2S/c12-9-5-8(13)1-2-10(9)20(18,19)17-4-3-16-7-14-15-11(16)6-17/h1-2,5,7H,3-4,6,13H2. The van der Waals surface area contributed by atoms with Crippen LogP contribution in [-0.2, 0) is 23.1 Å². The molecule has 0 spiro atoms. The number of nitrogen functional groups attached to an aromatic ring is 1. The lowest BCUT2D eigenvalue weighted by Crippen LogP contribution is -2.38. The number of nitrogens with two attached hydrogens (primary N) is 1. The highest BCUT2D eigenvalue weighted by Gasteiger charge is 2.31. The molecule has 1 aliphatic rings. The smallest absolute Gasteiger partial charge is 0.246 e. The summed E-state index contributed by atoms with van der Waals surface area (Å²) < 4.78 is 41.7. The molecule has 7 nitrogen and oxygen atoms in total. The van der Waals surface area contributed by atoms with Gasteiger partial charge in [0.05, 0.1) is 6.54 Å². The molecule has 1 aromatic carbocycles. The van der Waals surface area contributed by atoms with E-state index in [9.17, 15) is 12.8 Å². The lowest BCUT2D eigenvalue weighted by atomic mass is 10.3. The van der Waals surface area contributed by atoms with E-state index in [2.05, 4.69) is 10.2 Å². The fourth-order valence-electron chi connectivity index (χ4n) is 2.11. The second-order valence-electron chi connectivity index (χ2n) is 4.47. The molecule has 3 rings (SSSR count). The van der Waals surface area contributed by atoms with E-state index in [0.29, 0.717) is 12.4 Å². The van der Waals surface area contributed by atoms with Crippen LogP contribution in [0.25, 0.3) is 0 Å². The van der Waals surface area contributed by atoms with Crippen LogP contribution in [0.3, 0.4) is 0 Å². The first-order chi connectivity index (χ1) is 9.48. The summed E-state index contributed by atoms with van der Waals surface area (Å²) >= 11 is 0. The average Bonchev–Trinajstić information content (AvgIpc) is 2.85. The Morgan fingerprint density at radius 1 is 1.30 bits per heavy atom. The summed E-state index contributed by atoms with van der Waals surface area (Å²) in [6.45, 7) is 0.765. The molecule has 0 bridgehead atoms. The average molecular weight is 297 g/mol. The highest BCUT2D eigenvalue weighted by Crippen LogP contribution is 2.24. The van der Waals surface area contributed by atoms with Gasteiger partial charge in [0.2, 0.25) is 10.0 Å². The fraction of sp³-hybridized carbons (Fsp3) is 0.273. The summed E-state index contributed by atoms with van der Waals surface area (Å²) in [7, 11) is -3.91. The van der Waals surface area contributed by atoms with Gasteiger partial charge in [0, 0.05) is 18.8 Å². The molecule has 0 radical (unpaired) electrons. The van der Waals surface area contributed by atoms with Gasteiger partial charge >= 0.3 is 0 Å². The molecular weight excluding hydrogens is 285 g/mol. The van der Waals surface area contributed by atoms with E-state index in [1.807, 2.05) is 0 Å². The highest BCUT2D eigenvalue weighted by atomic mass is 32.2. The summed E-state index contributed by atoms with van der Waals surface area (Å²) in [5.74, 6) is -0.312. The van der Waals surface area contributed by atoms with Gasteiger partial charge in [0.25, 0.3) is 0 Å². The second-order valence-corrected chi connectivity index (χ2v) is 6.38. The lowest BCUT2D eigenvalue weighted by Gasteiger charge is -2.26. The number of anilines is 1. The van der Waals surface area contributed by atoms with Crippen LogP contribution >= 0.6 is 0 Å². The Morgan fingerprint density at radius 2 is 2.10 bits per heavy atom. The number of aromatic nitrogens is 3. The minimum atomic E-state index is -3.91. The van der Waals surface area contributed by atoms with Crippen LogP contribution in [0, 0.1) is 5.82 Å². The van der Waals surface area contributed by atoms with Gasteiger partial charge in [-0.05, 0) is 18.2 Å².